The summed E-state index contributed by atoms with van der Waals surface area (Å²) in [4.78, 5) is 0. The number of aryl methyl sites for hydroxylation is 3. The molecule has 24 heavy (non-hydrogen) atoms. The number of hydrogen-bond donors (Lipinski definition) is 0. The SMILES string of the molecule is CC[n+]1c(/C=C2/C=C(C)CC(C)(C)C2)sc2cc(C)c(C)cc21.[I-]. The van der Waals surface area contributed by atoms with Gasteiger partial charge in [0.15, 0.2) is 0 Å². The number of aromatic nitrogens is 1. The van der Waals surface area contributed by atoms with Crippen molar-refractivity contribution in [3.05, 3.63) is 45.5 Å². The van der Waals surface area contributed by atoms with E-state index in [2.05, 4.69) is 70.4 Å². The molecule has 0 unspecified atom stereocenters. The van der Waals surface area contributed by atoms with Crippen molar-refractivity contribution in [3.8, 4) is 0 Å². The third-order valence-corrected chi connectivity index (χ3v) is 5.94. The second-order valence-electron chi connectivity index (χ2n) is 7.82. The first kappa shape index (κ1) is 19.6. The Morgan fingerprint density at radius 3 is 2.42 bits per heavy atom. The maximum absolute atomic E-state index is 2.46. The fourth-order valence-corrected chi connectivity index (χ4v) is 5.11. The first-order valence-electron chi connectivity index (χ1n) is 8.60. The standard InChI is InChI=1S/C21H28NS.HI/c1-7-22-18-9-15(3)16(4)10-19(18)23-20(22)11-17-8-14(2)12-21(5,6)13-17;/h8-11H,7,12-13H2,1-6H3;1H/q+1;/p-1/b17-11-;. The lowest BCUT2D eigenvalue weighted by Gasteiger charge is -2.29. The van der Waals surface area contributed by atoms with E-state index >= 15 is 0 Å². The maximum Gasteiger partial charge on any atom is 0.263 e. The maximum atomic E-state index is 2.46. The van der Waals surface area contributed by atoms with Crippen LogP contribution in [0.15, 0.2) is 29.4 Å². The summed E-state index contributed by atoms with van der Waals surface area (Å²) in [6.45, 7) is 14.7. The van der Waals surface area contributed by atoms with Crippen LogP contribution in [0.25, 0.3) is 16.3 Å². The summed E-state index contributed by atoms with van der Waals surface area (Å²) in [6, 6.07) is 4.69. The molecule has 0 saturated heterocycles. The van der Waals surface area contributed by atoms with Crippen LogP contribution in [0.5, 0.6) is 0 Å². The molecule has 0 bridgehead atoms. The van der Waals surface area contributed by atoms with Crippen LogP contribution < -0.4 is 28.5 Å². The largest absolute Gasteiger partial charge is 1.00 e. The van der Waals surface area contributed by atoms with Gasteiger partial charge in [-0.2, -0.15) is 4.57 Å². The third-order valence-electron chi connectivity index (χ3n) is 4.84. The Hall–Kier alpha value is -0.680. The number of hydrogen-bond acceptors (Lipinski definition) is 1. The van der Waals surface area contributed by atoms with Crippen LogP contribution in [0.2, 0.25) is 0 Å². The lowest BCUT2D eigenvalue weighted by molar-refractivity contribution is -0.665. The second kappa shape index (κ2) is 7.28. The van der Waals surface area contributed by atoms with E-state index in [1.54, 1.807) is 0 Å². The molecule has 1 heterocycles. The fraction of sp³-hybridized carbons (Fsp3) is 0.476. The summed E-state index contributed by atoms with van der Waals surface area (Å²) < 4.78 is 3.86. The Morgan fingerprint density at radius 1 is 1.12 bits per heavy atom. The van der Waals surface area contributed by atoms with Gasteiger partial charge in [0.2, 0.25) is 5.52 Å². The van der Waals surface area contributed by atoms with Gasteiger partial charge in [0.25, 0.3) is 5.01 Å². The van der Waals surface area contributed by atoms with Gasteiger partial charge in [-0.3, -0.25) is 0 Å². The second-order valence-corrected chi connectivity index (χ2v) is 8.88. The van der Waals surface area contributed by atoms with Crippen molar-refractivity contribution in [1.29, 1.82) is 0 Å². The zero-order chi connectivity index (χ0) is 16.8. The zero-order valence-electron chi connectivity index (χ0n) is 15.7. The molecule has 1 aliphatic rings. The first-order valence-corrected chi connectivity index (χ1v) is 9.42. The molecule has 130 valence electrons. The minimum absolute atomic E-state index is 0. The van der Waals surface area contributed by atoms with Crippen molar-refractivity contribution in [3.63, 3.8) is 0 Å². The molecule has 1 nitrogen and oxygen atoms in total. The zero-order valence-corrected chi connectivity index (χ0v) is 18.6. The van der Waals surface area contributed by atoms with Gasteiger partial charge in [0, 0.05) is 12.1 Å². The molecule has 0 atom stereocenters. The predicted octanol–water partition coefficient (Wildman–Crippen LogP) is 2.98. The number of allylic oxidation sites excluding steroid dienone is 3. The van der Waals surface area contributed by atoms with Crippen LogP contribution in [0.3, 0.4) is 0 Å². The summed E-state index contributed by atoms with van der Waals surface area (Å²) in [6.07, 6.45) is 7.19. The van der Waals surface area contributed by atoms with E-state index in [9.17, 15) is 0 Å². The molecule has 0 spiro atoms. The van der Waals surface area contributed by atoms with Gasteiger partial charge in [0.1, 0.15) is 11.2 Å². The summed E-state index contributed by atoms with van der Waals surface area (Å²) in [5.74, 6) is 0. The summed E-state index contributed by atoms with van der Waals surface area (Å²) in [5, 5.41) is 1.38. The van der Waals surface area contributed by atoms with Crippen LogP contribution in [0.1, 0.15) is 56.7 Å². The number of halogens is 1. The lowest BCUT2D eigenvalue weighted by Crippen LogP contribution is -3.00. The molecule has 1 aliphatic carbocycles. The van der Waals surface area contributed by atoms with Crippen molar-refractivity contribution >= 4 is 27.6 Å². The molecular formula is C21H28INS. The van der Waals surface area contributed by atoms with Gasteiger partial charge in [0.05, 0.1) is 0 Å². The number of thiazole rings is 1. The Bertz CT molecular complexity index is 824. The normalized spacial score (nSPS) is 18.6. The van der Waals surface area contributed by atoms with Crippen LogP contribution in [0.4, 0.5) is 0 Å². The van der Waals surface area contributed by atoms with E-state index in [4.69, 9.17) is 0 Å². The van der Waals surface area contributed by atoms with Crippen molar-refractivity contribution in [2.24, 2.45) is 5.41 Å². The van der Waals surface area contributed by atoms with Crippen molar-refractivity contribution in [1.82, 2.24) is 0 Å². The van der Waals surface area contributed by atoms with Gasteiger partial charge < -0.3 is 24.0 Å². The van der Waals surface area contributed by atoms with E-state index in [0.29, 0.717) is 5.41 Å². The highest BCUT2D eigenvalue weighted by Gasteiger charge is 2.25. The van der Waals surface area contributed by atoms with Crippen molar-refractivity contribution in [2.75, 3.05) is 0 Å². The van der Waals surface area contributed by atoms with Gasteiger partial charge >= 0.3 is 0 Å². The highest BCUT2D eigenvalue weighted by atomic mass is 127. The monoisotopic (exact) mass is 453 g/mol. The van der Waals surface area contributed by atoms with Crippen LogP contribution in [0, 0.1) is 19.3 Å². The third kappa shape index (κ3) is 3.93. The smallest absolute Gasteiger partial charge is 0.263 e. The fourth-order valence-electron chi connectivity index (χ4n) is 3.83. The summed E-state index contributed by atoms with van der Waals surface area (Å²) in [5.41, 5.74) is 7.50. The molecule has 0 fully saturated rings. The van der Waals surface area contributed by atoms with Crippen LogP contribution in [-0.4, -0.2) is 0 Å². The first-order chi connectivity index (χ1) is 10.8. The summed E-state index contributed by atoms with van der Waals surface area (Å²) >= 11 is 1.92. The molecular weight excluding hydrogens is 425 g/mol. The molecule has 1 aromatic heterocycles. The molecule has 3 heteroatoms. The van der Waals surface area contributed by atoms with Gasteiger partial charge in [-0.25, -0.2) is 0 Å². The minimum Gasteiger partial charge on any atom is -1.00 e. The number of rotatable bonds is 2. The highest BCUT2D eigenvalue weighted by Crippen LogP contribution is 2.38. The van der Waals surface area contributed by atoms with Crippen LogP contribution >= 0.6 is 11.3 Å². The molecule has 0 amide bonds. The average Bonchev–Trinajstić information content (AvgIpc) is 2.73. The van der Waals surface area contributed by atoms with E-state index in [1.807, 2.05) is 11.3 Å². The average molecular weight is 453 g/mol. The highest BCUT2D eigenvalue weighted by molar-refractivity contribution is 7.18. The molecule has 0 radical (unpaired) electrons. The Morgan fingerprint density at radius 2 is 1.79 bits per heavy atom. The lowest BCUT2D eigenvalue weighted by atomic mass is 9.75. The van der Waals surface area contributed by atoms with E-state index in [-0.39, 0.29) is 24.0 Å². The van der Waals surface area contributed by atoms with E-state index < -0.39 is 0 Å². The number of fused-ring (bicyclic) bond motifs is 1. The predicted molar refractivity (Wildman–Crippen MR) is 102 cm³/mol. The summed E-state index contributed by atoms with van der Waals surface area (Å²) in [7, 11) is 0. The van der Waals surface area contributed by atoms with Gasteiger partial charge in [-0.1, -0.05) is 36.8 Å². The van der Waals surface area contributed by atoms with Gasteiger partial charge in [-0.15, -0.1) is 0 Å². The molecule has 1 aromatic carbocycles. The quantitative estimate of drug-likeness (QED) is 0.487. The number of nitrogens with zero attached hydrogens (tertiary/aromatic N) is 1. The Kier molecular flexibility index (Phi) is 5.96. The topological polar surface area (TPSA) is 3.88 Å². The Labute approximate surface area is 167 Å². The van der Waals surface area contributed by atoms with Crippen LogP contribution in [-0.2, 0) is 6.54 Å². The minimum atomic E-state index is 0. The molecule has 0 saturated carbocycles. The van der Waals surface area contributed by atoms with Crippen molar-refractivity contribution < 1.29 is 28.5 Å². The van der Waals surface area contributed by atoms with Crippen molar-refractivity contribution in [2.45, 2.75) is 60.9 Å². The van der Waals surface area contributed by atoms with E-state index in [1.165, 1.54) is 50.3 Å². The molecule has 0 N–H and O–H groups in total. The van der Waals surface area contributed by atoms with Gasteiger partial charge in [-0.05, 0) is 68.7 Å². The molecule has 2 aromatic rings. The molecule has 3 rings (SSSR count). The molecule has 0 aliphatic heterocycles. The Balaban J connectivity index is 0.00000208. The number of benzene rings is 1. The van der Waals surface area contributed by atoms with E-state index in [0.717, 1.165) is 6.54 Å².